The van der Waals surface area contributed by atoms with Gasteiger partial charge in [0.2, 0.25) is 0 Å². The fourth-order valence-electron chi connectivity index (χ4n) is 2.08. The van der Waals surface area contributed by atoms with Crippen LogP contribution in [0.3, 0.4) is 0 Å². The number of rotatable bonds is 5. The molecule has 2 rings (SSSR count). The van der Waals surface area contributed by atoms with E-state index < -0.39 is 4.92 Å². The third kappa shape index (κ3) is 3.75. The molecule has 2 N–H and O–H groups in total. The highest BCUT2D eigenvalue weighted by Crippen LogP contribution is 2.18. The molecule has 0 amide bonds. The van der Waals surface area contributed by atoms with Crippen LogP contribution in [0.4, 0.5) is 11.5 Å². The fourth-order valence-corrected chi connectivity index (χ4v) is 2.08. The molecule has 19 heavy (non-hydrogen) atoms. The minimum Gasteiger partial charge on any atom is -0.370 e. The van der Waals surface area contributed by atoms with Gasteiger partial charge in [0.15, 0.2) is 0 Å². The van der Waals surface area contributed by atoms with Crippen LogP contribution < -0.4 is 10.6 Å². The standard InChI is InChI=1S/C13H18N4O2/c1-10-8-12(17(18)19)9-16-13(10)15-7-4-11-2-5-14-6-3-11/h2,8-9,14H,3-7H2,1H3,(H,15,16). The monoisotopic (exact) mass is 262 g/mol. The van der Waals surface area contributed by atoms with Gasteiger partial charge in [0.1, 0.15) is 12.0 Å². The van der Waals surface area contributed by atoms with Crippen LogP contribution >= 0.6 is 0 Å². The first kappa shape index (κ1) is 13.5. The van der Waals surface area contributed by atoms with Crippen molar-refractivity contribution < 1.29 is 4.92 Å². The van der Waals surface area contributed by atoms with Gasteiger partial charge < -0.3 is 10.6 Å². The molecule has 0 atom stereocenters. The third-order valence-electron chi connectivity index (χ3n) is 3.17. The van der Waals surface area contributed by atoms with Crippen molar-refractivity contribution in [1.29, 1.82) is 0 Å². The summed E-state index contributed by atoms with van der Waals surface area (Å²) in [6.07, 6.45) is 5.59. The average molecular weight is 262 g/mol. The van der Waals surface area contributed by atoms with E-state index in [0.29, 0.717) is 0 Å². The van der Waals surface area contributed by atoms with Gasteiger partial charge in [-0.15, -0.1) is 0 Å². The summed E-state index contributed by atoms with van der Waals surface area (Å²) in [6, 6.07) is 1.54. The zero-order chi connectivity index (χ0) is 13.7. The quantitative estimate of drug-likeness (QED) is 0.482. The van der Waals surface area contributed by atoms with Gasteiger partial charge >= 0.3 is 0 Å². The molecule has 0 saturated heterocycles. The van der Waals surface area contributed by atoms with E-state index in [-0.39, 0.29) is 5.69 Å². The van der Waals surface area contributed by atoms with Gasteiger partial charge in [-0.25, -0.2) is 4.98 Å². The summed E-state index contributed by atoms with van der Waals surface area (Å²) < 4.78 is 0. The van der Waals surface area contributed by atoms with Crippen LogP contribution in [-0.2, 0) is 0 Å². The maximum absolute atomic E-state index is 10.6. The Morgan fingerprint density at radius 2 is 2.42 bits per heavy atom. The van der Waals surface area contributed by atoms with Gasteiger partial charge in [-0.2, -0.15) is 0 Å². The molecule has 1 aliphatic rings. The van der Waals surface area contributed by atoms with E-state index in [1.165, 1.54) is 11.8 Å². The van der Waals surface area contributed by atoms with Crippen molar-refractivity contribution in [3.05, 3.63) is 39.6 Å². The number of aromatic nitrogens is 1. The Morgan fingerprint density at radius 1 is 1.58 bits per heavy atom. The van der Waals surface area contributed by atoms with E-state index >= 15 is 0 Å². The summed E-state index contributed by atoms with van der Waals surface area (Å²) in [7, 11) is 0. The van der Waals surface area contributed by atoms with Crippen LogP contribution in [-0.4, -0.2) is 29.5 Å². The average Bonchev–Trinajstić information content (AvgIpc) is 2.41. The summed E-state index contributed by atoms with van der Waals surface area (Å²) in [4.78, 5) is 14.3. The molecule has 0 radical (unpaired) electrons. The summed E-state index contributed by atoms with van der Waals surface area (Å²) >= 11 is 0. The van der Waals surface area contributed by atoms with Gasteiger partial charge in [-0.3, -0.25) is 10.1 Å². The van der Waals surface area contributed by atoms with Crippen LogP contribution in [0.25, 0.3) is 0 Å². The number of nitrogens with one attached hydrogen (secondary N) is 2. The minimum absolute atomic E-state index is 0.0316. The first-order valence-electron chi connectivity index (χ1n) is 6.40. The molecule has 0 aliphatic carbocycles. The topological polar surface area (TPSA) is 80.1 Å². The predicted molar refractivity (Wildman–Crippen MR) is 74.3 cm³/mol. The number of hydrogen-bond donors (Lipinski definition) is 2. The van der Waals surface area contributed by atoms with E-state index in [9.17, 15) is 10.1 Å². The molecule has 0 bridgehead atoms. The Labute approximate surface area is 112 Å². The van der Waals surface area contributed by atoms with Crippen LogP contribution in [0, 0.1) is 17.0 Å². The second-order valence-electron chi connectivity index (χ2n) is 4.61. The number of nitro groups is 1. The van der Waals surface area contributed by atoms with Crippen LogP contribution in [0.15, 0.2) is 23.9 Å². The lowest BCUT2D eigenvalue weighted by Crippen LogP contribution is -2.21. The van der Waals surface area contributed by atoms with Gasteiger partial charge in [0.05, 0.1) is 4.92 Å². The van der Waals surface area contributed by atoms with Crippen LogP contribution in [0.2, 0.25) is 0 Å². The highest BCUT2D eigenvalue weighted by atomic mass is 16.6. The number of anilines is 1. The van der Waals surface area contributed by atoms with Gasteiger partial charge in [-0.05, 0) is 31.9 Å². The van der Waals surface area contributed by atoms with Crippen molar-refractivity contribution in [2.45, 2.75) is 19.8 Å². The number of pyridine rings is 1. The summed E-state index contributed by atoms with van der Waals surface area (Å²) in [6.45, 7) is 4.62. The zero-order valence-corrected chi connectivity index (χ0v) is 11.0. The normalized spacial score (nSPS) is 14.9. The first-order chi connectivity index (χ1) is 9.16. The summed E-state index contributed by atoms with van der Waals surface area (Å²) in [5.41, 5.74) is 2.28. The van der Waals surface area contributed by atoms with E-state index in [1.54, 1.807) is 6.07 Å². The van der Waals surface area contributed by atoms with Crippen molar-refractivity contribution in [1.82, 2.24) is 10.3 Å². The molecule has 2 heterocycles. The highest BCUT2D eigenvalue weighted by molar-refractivity contribution is 5.48. The smallest absolute Gasteiger partial charge is 0.287 e. The zero-order valence-electron chi connectivity index (χ0n) is 11.0. The Morgan fingerprint density at radius 3 is 3.05 bits per heavy atom. The SMILES string of the molecule is Cc1cc([N+](=O)[O-])cnc1NCCC1=CCNCC1. The summed E-state index contributed by atoms with van der Waals surface area (Å²) in [5, 5.41) is 17.1. The van der Waals surface area contributed by atoms with Gasteiger partial charge in [0.25, 0.3) is 5.69 Å². The van der Waals surface area contributed by atoms with E-state index in [2.05, 4.69) is 21.7 Å². The lowest BCUT2D eigenvalue weighted by atomic mass is 10.1. The van der Waals surface area contributed by atoms with Crippen molar-refractivity contribution in [3.8, 4) is 0 Å². The molecule has 1 aromatic heterocycles. The van der Waals surface area contributed by atoms with E-state index in [1.807, 2.05) is 6.92 Å². The van der Waals surface area contributed by atoms with Crippen molar-refractivity contribution in [2.24, 2.45) is 0 Å². The van der Waals surface area contributed by atoms with Crippen molar-refractivity contribution in [3.63, 3.8) is 0 Å². The molecular weight excluding hydrogens is 244 g/mol. The van der Waals surface area contributed by atoms with Gasteiger partial charge in [0, 0.05) is 19.2 Å². The molecule has 0 aromatic carbocycles. The maximum atomic E-state index is 10.6. The first-order valence-corrected chi connectivity index (χ1v) is 6.40. The molecule has 0 spiro atoms. The Kier molecular flexibility index (Phi) is 4.46. The number of hydrogen-bond acceptors (Lipinski definition) is 5. The lowest BCUT2D eigenvalue weighted by molar-refractivity contribution is -0.385. The lowest BCUT2D eigenvalue weighted by Gasteiger charge is -2.14. The number of nitrogens with zero attached hydrogens (tertiary/aromatic N) is 2. The van der Waals surface area contributed by atoms with Crippen LogP contribution in [0.5, 0.6) is 0 Å². The second-order valence-corrected chi connectivity index (χ2v) is 4.61. The van der Waals surface area contributed by atoms with Gasteiger partial charge in [-0.1, -0.05) is 11.6 Å². The minimum atomic E-state index is -0.427. The largest absolute Gasteiger partial charge is 0.370 e. The second kappa shape index (κ2) is 6.29. The Balaban J connectivity index is 1.89. The van der Waals surface area contributed by atoms with Crippen molar-refractivity contribution >= 4 is 11.5 Å². The molecule has 1 aromatic rings. The molecular formula is C13H18N4O2. The predicted octanol–water partition coefficient (Wildman–Crippen LogP) is 2.02. The Bertz CT molecular complexity index is 499. The van der Waals surface area contributed by atoms with E-state index in [4.69, 9.17) is 0 Å². The van der Waals surface area contributed by atoms with E-state index in [0.717, 1.165) is 43.9 Å². The summed E-state index contributed by atoms with van der Waals surface area (Å²) in [5.74, 6) is 0.722. The fraction of sp³-hybridized carbons (Fsp3) is 0.462. The maximum Gasteiger partial charge on any atom is 0.287 e. The Hall–Kier alpha value is -1.95. The van der Waals surface area contributed by atoms with Crippen molar-refractivity contribution in [2.75, 3.05) is 25.0 Å². The molecule has 6 nitrogen and oxygen atoms in total. The molecule has 0 unspecified atom stereocenters. The third-order valence-corrected chi connectivity index (χ3v) is 3.17. The molecule has 0 fully saturated rings. The number of aryl methyl sites for hydroxylation is 1. The molecule has 102 valence electrons. The highest BCUT2D eigenvalue weighted by Gasteiger charge is 2.09. The molecule has 1 aliphatic heterocycles. The molecule has 0 saturated carbocycles. The molecule has 6 heteroatoms. The van der Waals surface area contributed by atoms with Crippen LogP contribution in [0.1, 0.15) is 18.4 Å².